The Morgan fingerprint density at radius 1 is 0.962 bits per heavy atom. The smallest absolute Gasteiger partial charge is 0.216 e. The summed E-state index contributed by atoms with van der Waals surface area (Å²) in [7, 11) is -5.68. The number of sulfone groups is 2. The molecule has 1 N–H and O–H groups in total. The standard InChI is InChI=1S/C18H25NO4S3/c1-12(2)25(20,21)14-9-13(18(3,4)5)10-15(11-14)26(22,23)17-8-7-16(19-6)24-17/h7-12,19H,1-6H3. The molecule has 1 aromatic heterocycles. The SMILES string of the molecule is CNc1ccc(S(=O)(=O)c2cc(C(C)(C)C)cc(S(=O)(=O)C(C)C)c2)s1. The van der Waals surface area contributed by atoms with Gasteiger partial charge in [-0.05, 0) is 55.2 Å². The summed E-state index contributed by atoms with van der Waals surface area (Å²) in [6.45, 7) is 8.95. The molecule has 0 aliphatic carbocycles. The van der Waals surface area contributed by atoms with Crippen LogP contribution in [0.1, 0.15) is 40.2 Å². The Hall–Kier alpha value is -1.38. The largest absolute Gasteiger partial charge is 0.380 e. The molecule has 1 heterocycles. The van der Waals surface area contributed by atoms with Gasteiger partial charge in [0.05, 0.1) is 20.0 Å². The Kier molecular flexibility index (Phi) is 5.62. The molecule has 0 aliphatic heterocycles. The van der Waals surface area contributed by atoms with Crippen LogP contribution >= 0.6 is 11.3 Å². The van der Waals surface area contributed by atoms with E-state index in [4.69, 9.17) is 0 Å². The molecule has 5 nitrogen and oxygen atoms in total. The summed E-state index contributed by atoms with van der Waals surface area (Å²) >= 11 is 1.12. The van der Waals surface area contributed by atoms with E-state index in [1.807, 2.05) is 20.8 Å². The van der Waals surface area contributed by atoms with Gasteiger partial charge in [0.1, 0.15) is 4.21 Å². The lowest BCUT2D eigenvalue weighted by atomic mass is 9.87. The lowest BCUT2D eigenvalue weighted by Gasteiger charge is -2.21. The molecule has 1 aromatic carbocycles. The second kappa shape index (κ2) is 6.98. The first kappa shape index (κ1) is 20.9. The highest BCUT2D eigenvalue weighted by atomic mass is 32.2. The quantitative estimate of drug-likeness (QED) is 0.795. The van der Waals surface area contributed by atoms with Crippen LogP contribution in [0.3, 0.4) is 0 Å². The molecule has 0 fully saturated rings. The lowest BCUT2D eigenvalue weighted by molar-refractivity contribution is 0.575. The van der Waals surface area contributed by atoms with Crippen LogP contribution < -0.4 is 5.32 Å². The van der Waals surface area contributed by atoms with E-state index >= 15 is 0 Å². The number of hydrogen-bond donors (Lipinski definition) is 1. The number of thiophene rings is 1. The fraction of sp³-hybridized carbons (Fsp3) is 0.444. The molecule has 0 unspecified atom stereocenters. The zero-order valence-corrected chi connectivity index (χ0v) is 18.3. The van der Waals surface area contributed by atoms with Crippen LogP contribution in [0.15, 0.2) is 44.3 Å². The van der Waals surface area contributed by atoms with Crippen molar-refractivity contribution >= 4 is 36.0 Å². The van der Waals surface area contributed by atoms with Crippen molar-refractivity contribution in [2.45, 2.75) is 59.3 Å². The van der Waals surface area contributed by atoms with Crippen LogP contribution in [-0.4, -0.2) is 29.1 Å². The van der Waals surface area contributed by atoms with Crippen LogP contribution in [0.5, 0.6) is 0 Å². The Balaban J connectivity index is 2.76. The minimum absolute atomic E-state index is 0.00801. The topological polar surface area (TPSA) is 80.3 Å². The average molecular weight is 416 g/mol. The molecule has 0 radical (unpaired) electrons. The zero-order valence-electron chi connectivity index (χ0n) is 15.8. The van der Waals surface area contributed by atoms with Crippen molar-refractivity contribution < 1.29 is 16.8 Å². The minimum atomic E-state index is -3.81. The third kappa shape index (κ3) is 3.97. The fourth-order valence-electron chi connectivity index (χ4n) is 2.31. The molecule has 26 heavy (non-hydrogen) atoms. The van der Waals surface area contributed by atoms with Crippen LogP contribution in [0.2, 0.25) is 0 Å². The summed E-state index contributed by atoms with van der Waals surface area (Å²) in [6.07, 6.45) is 0. The third-order valence-corrected chi connectivity index (χ3v) is 9.56. The molecule has 0 amide bonds. The van der Waals surface area contributed by atoms with Gasteiger partial charge in [-0.25, -0.2) is 16.8 Å². The van der Waals surface area contributed by atoms with Crippen LogP contribution in [0, 0.1) is 0 Å². The Morgan fingerprint density at radius 2 is 1.54 bits per heavy atom. The molecule has 0 saturated carbocycles. The van der Waals surface area contributed by atoms with Gasteiger partial charge in [-0.2, -0.15) is 0 Å². The molecule has 2 aromatic rings. The van der Waals surface area contributed by atoms with Crippen molar-refractivity contribution in [2.24, 2.45) is 0 Å². The second-order valence-electron chi connectivity index (χ2n) is 7.41. The maximum absolute atomic E-state index is 13.1. The van der Waals surface area contributed by atoms with Gasteiger partial charge in [0.25, 0.3) is 0 Å². The molecule has 0 atom stereocenters. The predicted molar refractivity (Wildman–Crippen MR) is 107 cm³/mol. The number of rotatable bonds is 5. The van der Waals surface area contributed by atoms with Gasteiger partial charge in [-0.15, -0.1) is 11.3 Å². The summed E-state index contributed by atoms with van der Waals surface area (Å²) in [6, 6.07) is 7.66. The van der Waals surface area contributed by atoms with Crippen LogP contribution in [0.25, 0.3) is 0 Å². The van der Waals surface area contributed by atoms with Gasteiger partial charge in [0.2, 0.25) is 9.84 Å². The monoisotopic (exact) mass is 415 g/mol. The van der Waals surface area contributed by atoms with Gasteiger partial charge >= 0.3 is 0 Å². The van der Waals surface area contributed by atoms with Crippen molar-refractivity contribution in [3.05, 3.63) is 35.9 Å². The number of nitrogens with one attached hydrogen (secondary N) is 1. The molecule has 144 valence electrons. The highest BCUT2D eigenvalue weighted by Crippen LogP contribution is 2.35. The Bertz CT molecular complexity index is 1010. The summed E-state index contributed by atoms with van der Waals surface area (Å²) in [5, 5.41) is 3.01. The summed E-state index contributed by atoms with van der Waals surface area (Å²) in [5.74, 6) is 0. The van der Waals surface area contributed by atoms with Gasteiger partial charge in [-0.3, -0.25) is 0 Å². The normalized spacial score (nSPS) is 13.2. The fourth-order valence-corrected chi connectivity index (χ4v) is 6.14. The molecule has 8 heteroatoms. The Labute approximate surface area is 160 Å². The van der Waals surface area contributed by atoms with Crippen molar-refractivity contribution in [1.29, 1.82) is 0 Å². The van der Waals surface area contributed by atoms with E-state index in [-0.39, 0.29) is 14.0 Å². The van der Waals surface area contributed by atoms with Crippen molar-refractivity contribution in [3.8, 4) is 0 Å². The van der Waals surface area contributed by atoms with E-state index in [0.717, 1.165) is 16.3 Å². The first-order chi connectivity index (χ1) is 11.8. The first-order valence-corrected chi connectivity index (χ1v) is 12.1. The molecule has 0 spiro atoms. The number of anilines is 1. The van der Waals surface area contributed by atoms with Crippen molar-refractivity contribution in [1.82, 2.24) is 0 Å². The maximum Gasteiger partial charge on any atom is 0.216 e. The maximum atomic E-state index is 13.1. The molecule has 0 bridgehead atoms. The number of benzene rings is 1. The summed E-state index contributed by atoms with van der Waals surface area (Å²) in [4.78, 5) is 0.0533. The van der Waals surface area contributed by atoms with E-state index in [0.29, 0.717) is 5.56 Å². The molecule has 2 rings (SSSR count). The summed E-state index contributed by atoms with van der Waals surface area (Å²) < 4.78 is 51.7. The van der Waals surface area contributed by atoms with E-state index in [1.165, 1.54) is 12.1 Å². The minimum Gasteiger partial charge on any atom is -0.380 e. The molecular formula is C18H25NO4S3. The predicted octanol–water partition coefficient (Wildman–Crippen LogP) is 4.10. The van der Waals surface area contributed by atoms with Crippen LogP contribution in [-0.2, 0) is 25.1 Å². The highest BCUT2D eigenvalue weighted by Gasteiger charge is 2.28. The molecule has 0 aliphatic rings. The van der Waals surface area contributed by atoms with E-state index < -0.39 is 30.3 Å². The average Bonchev–Trinajstić information content (AvgIpc) is 3.03. The van der Waals surface area contributed by atoms with E-state index in [1.54, 1.807) is 39.1 Å². The Morgan fingerprint density at radius 3 is 2.00 bits per heavy atom. The van der Waals surface area contributed by atoms with E-state index in [2.05, 4.69) is 5.32 Å². The first-order valence-electron chi connectivity index (χ1n) is 8.22. The van der Waals surface area contributed by atoms with Crippen molar-refractivity contribution in [3.63, 3.8) is 0 Å². The lowest BCUT2D eigenvalue weighted by Crippen LogP contribution is -2.18. The highest BCUT2D eigenvalue weighted by molar-refractivity contribution is 7.94. The van der Waals surface area contributed by atoms with Gasteiger partial charge < -0.3 is 5.32 Å². The van der Waals surface area contributed by atoms with E-state index in [9.17, 15) is 16.8 Å². The third-order valence-electron chi connectivity index (χ3n) is 4.10. The van der Waals surface area contributed by atoms with Gasteiger partial charge in [0, 0.05) is 7.05 Å². The number of hydrogen-bond acceptors (Lipinski definition) is 6. The summed E-state index contributed by atoms with van der Waals surface area (Å²) in [5.41, 5.74) is 0.279. The van der Waals surface area contributed by atoms with Crippen molar-refractivity contribution in [2.75, 3.05) is 12.4 Å². The molecule has 0 saturated heterocycles. The van der Waals surface area contributed by atoms with Gasteiger partial charge in [-0.1, -0.05) is 20.8 Å². The zero-order chi connectivity index (χ0) is 19.9. The molecular weight excluding hydrogens is 390 g/mol. The second-order valence-corrected chi connectivity index (χ2v) is 13.2. The van der Waals surface area contributed by atoms with Gasteiger partial charge in [0.15, 0.2) is 9.84 Å². The van der Waals surface area contributed by atoms with Crippen LogP contribution in [0.4, 0.5) is 5.00 Å².